The SMILES string of the molecule is CC(C)(C)[Si](C)(C)OC1CNC1.c1ccc(Cc2ccccc2)cc1. The van der Waals surface area contributed by atoms with Crippen molar-refractivity contribution < 1.29 is 4.43 Å². The Labute approximate surface area is 154 Å². The molecule has 25 heavy (non-hydrogen) atoms. The molecule has 0 amide bonds. The second-order valence-electron chi connectivity index (χ2n) is 8.31. The maximum absolute atomic E-state index is 6.11. The van der Waals surface area contributed by atoms with E-state index in [4.69, 9.17) is 4.43 Å². The lowest BCUT2D eigenvalue weighted by Gasteiger charge is -2.42. The van der Waals surface area contributed by atoms with Gasteiger partial charge in [0, 0.05) is 13.1 Å². The first-order valence-electron chi connectivity index (χ1n) is 9.24. The molecule has 1 fully saturated rings. The standard InChI is InChI=1S/C13H12.C9H21NOSi/c1-3-7-12(8-4-1)11-13-9-5-2-6-10-13;1-9(2,3)12(4,5)11-8-6-10-7-8/h1-10H,11H2;8,10H,6-7H2,1-5H3. The predicted octanol–water partition coefficient (Wildman–Crippen LogP) is 5.26. The minimum Gasteiger partial charge on any atom is -0.411 e. The molecule has 1 aliphatic heterocycles. The Balaban J connectivity index is 0.000000181. The normalized spacial score (nSPS) is 15.1. The van der Waals surface area contributed by atoms with Crippen molar-refractivity contribution in [2.75, 3.05) is 13.1 Å². The zero-order chi connectivity index (χ0) is 18.3. The molecule has 2 aromatic rings. The molecule has 1 N–H and O–H groups in total. The zero-order valence-electron chi connectivity index (χ0n) is 16.4. The highest BCUT2D eigenvalue weighted by Gasteiger charge is 2.40. The van der Waals surface area contributed by atoms with E-state index in [1.165, 1.54) is 11.1 Å². The second-order valence-corrected chi connectivity index (χ2v) is 13.1. The molecule has 0 aromatic heterocycles. The van der Waals surface area contributed by atoms with Gasteiger partial charge in [0.2, 0.25) is 0 Å². The van der Waals surface area contributed by atoms with Gasteiger partial charge in [0.1, 0.15) is 0 Å². The molecular weight excluding hydrogens is 322 g/mol. The summed E-state index contributed by atoms with van der Waals surface area (Å²) in [6.07, 6.45) is 1.52. The third-order valence-electron chi connectivity index (χ3n) is 5.11. The van der Waals surface area contributed by atoms with Gasteiger partial charge in [-0.15, -0.1) is 0 Å². The molecule has 2 nitrogen and oxygen atoms in total. The number of hydrogen-bond donors (Lipinski definition) is 1. The van der Waals surface area contributed by atoms with Crippen molar-refractivity contribution in [3.8, 4) is 0 Å². The van der Waals surface area contributed by atoms with Crippen LogP contribution in [0.4, 0.5) is 0 Å². The number of hydrogen-bond acceptors (Lipinski definition) is 2. The Morgan fingerprint density at radius 1 is 0.880 bits per heavy atom. The average molecular weight is 356 g/mol. The van der Waals surface area contributed by atoms with Gasteiger partial charge in [0.05, 0.1) is 6.10 Å². The summed E-state index contributed by atoms with van der Waals surface area (Å²) in [5, 5.41) is 3.58. The van der Waals surface area contributed by atoms with Crippen molar-refractivity contribution >= 4 is 8.32 Å². The molecule has 1 saturated heterocycles. The van der Waals surface area contributed by atoms with Gasteiger partial charge >= 0.3 is 0 Å². The molecule has 0 radical (unpaired) electrons. The van der Waals surface area contributed by atoms with Crippen LogP contribution in [0.2, 0.25) is 18.1 Å². The Kier molecular flexibility index (Phi) is 7.00. The van der Waals surface area contributed by atoms with E-state index in [1.807, 2.05) is 0 Å². The molecule has 2 aromatic carbocycles. The molecule has 0 bridgehead atoms. The van der Waals surface area contributed by atoms with Gasteiger partial charge in [-0.1, -0.05) is 81.4 Å². The van der Waals surface area contributed by atoms with Crippen LogP contribution >= 0.6 is 0 Å². The topological polar surface area (TPSA) is 21.3 Å². The van der Waals surface area contributed by atoms with Crippen molar-refractivity contribution in [3.05, 3.63) is 71.8 Å². The maximum atomic E-state index is 6.11. The van der Waals surface area contributed by atoms with E-state index in [-0.39, 0.29) is 0 Å². The van der Waals surface area contributed by atoms with Crippen LogP contribution in [0.25, 0.3) is 0 Å². The van der Waals surface area contributed by atoms with Crippen molar-refractivity contribution in [2.24, 2.45) is 0 Å². The van der Waals surface area contributed by atoms with Gasteiger partial charge in [-0.3, -0.25) is 0 Å². The minimum absolute atomic E-state index is 0.350. The third kappa shape index (κ3) is 6.42. The van der Waals surface area contributed by atoms with Crippen LogP contribution < -0.4 is 5.32 Å². The largest absolute Gasteiger partial charge is 0.411 e. The van der Waals surface area contributed by atoms with E-state index in [0.29, 0.717) is 11.1 Å². The monoisotopic (exact) mass is 355 g/mol. The summed E-state index contributed by atoms with van der Waals surface area (Å²) in [5.41, 5.74) is 2.74. The number of benzene rings is 2. The Bertz CT molecular complexity index is 578. The molecule has 136 valence electrons. The molecule has 1 aliphatic rings. The smallest absolute Gasteiger partial charge is 0.192 e. The van der Waals surface area contributed by atoms with E-state index in [1.54, 1.807) is 0 Å². The summed E-state index contributed by atoms with van der Waals surface area (Å²) in [7, 11) is -1.48. The van der Waals surface area contributed by atoms with Gasteiger partial charge in [0.15, 0.2) is 8.32 Å². The van der Waals surface area contributed by atoms with Crippen molar-refractivity contribution in [3.63, 3.8) is 0 Å². The van der Waals surface area contributed by atoms with Crippen molar-refractivity contribution in [2.45, 2.75) is 51.4 Å². The minimum atomic E-state index is -1.48. The van der Waals surface area contributed by atoms with E-state index >= 15 is 0 Å². The highest BCUT2D eigenvalue weighted by Crippen LogP contribution is 2.37. The molecule has 3 rings (SSSR count). The lowest BCUT2D eigenvalue weighted by Crippen LogP contribution is -2.55. The lowest BCUT2D eigenvalue weighted by molar-refractivity contribution is 0.125. The average Bonchev–Trinajstić information content (AvgIpc) is 2.53. The molecular formula is C22H33NOSi. The molecule has 1 heterocycles. The predicted molar refractivity (Wildman–Crippen MR) is 111 cm³/mol. The highest BCUT2D eigenvalue weighted by atomic mass is 28.4. The van der Waals surface area contributed by atoms with Crippen LogP contribution in [-0.2, 0) is 10.8 Å². The van der Waals surface area contributed by atoms with Crippen LogP contribution in [0.1, 0.15) is 31.9 Å². The highest BCUT2D eigenvalue weighted by molar-refractivity contribution is 6.74. The van der Waals surface area contributed by atoms with E-state index in [9.17, 15) is 0 Å². The van der Waals surface area contributed by atoms with Crippen LogP contribution in [0.5, 0.6) is 0 Å². The van der Waals surface area contributed by atoms with Gasteiger partial charge in [-0.2, -0.15) is 0 Å². The summed E-state index contributed by atoms with van der Waals surface area (Å²) in [6, 6.07) is 21.1. The van der Waals surface area contributed by atoms with E-state index < -0.39 is 8.32 Å². The Morgan fingerprint density at radius 3 is 1.64 bits per heavy atom. The van der Waals surface area contributed by atoms with Crippen molar-refractivity contribution in [1.29, 1.82) is 0 Å². The fourth-order valence-corrected chi connectivity index (χ4v) is 3.72. The van der Waals surface area contributed by atoms with Crippen LogP contribution in [-0.4, -0.2) is 27.5 Å². The third-order valence-corrected chi connectivity index (χ3v) is 9.64. The summed E-state index contributed by atoms with van der Waals surface area (Å²) >= 11 is 0. The van der Waals surface area contributed by atoms with Crippen LogP contribution in [0, 0.1) is 0 Å². The summed E-state index contributed by atoms with van der Waals surface area (Å²) in [5.74, 6) is 0. The molecule has 3 heteroatoms. The first-order valence-corrected chi connectivity index (χ1v) is 12.2. The zero-order valence-corrected chi connectivity index (χ0v) is 17.4. The fourth-order valence-electron chi connectivity index (χ4n) is 2.37. The lowest BCUT2D eigenvalue weighted by atomic mass is 10.1. The van der Waals surface area contributed by atoms with Gasteiger partial charge in [-0.25, -0.2) is 0 Å². The van der Waals surface area contributed by atoms with E-state index in [0.717, 1.165) is 19.5 Å². The van der Waals surface area contributed by atoms with E-state index in [2.05, 4.69) is 99.8 Å². The first-order chi connectivity index (χ1) is 11.8. The van der Waals surface area contributed by atoms with Gasteiger partial charge in [-0.05, 0) is 35.7 Å². The van der Waals surface area contributed by atoms with Gasteiger partial charge < -0.3 is 9.74 Å². The fraction of sp³-hybridized carbons (Fsp3) is 0.455. The molecule has 0 saturated carbocycles. The van der Waals surface area contributed by atoms with Gasteiger partial charge in [0.25, 0.3) is 0 Å². The first kappa shape index (κ1) is 19.9. The Morgan fingerprint density at radius 2 is 1.32 bits per heavy atom. The summed E-state index contributed by atoms with van der Waals surface area (Å²) < 4.78 is 6.11. The number of nitrogens with one attached hydrogen (secondary N) is 1. The molecule has 0 atom stereocenters. The second kappa shape index (κ2) is 8.79. The Hall–Kier alpha value is -1.42. The van der Waals surface area contributed by atoms with Crippen LogP contribution in [0.3, 0.4) is 0 Å². The maximum Gasteiger partial charge on any atom is 0.192 e. The summed E-state index contributed by atoms with van der Waals surface area (Å²) in [4.78, 5) is 0. The quantitative estimate of drug-likeness (QED) is 0.756. The molecule has 0 spiro atoms. The summed E-state index contributed by atoms with van der Waals surface area (Å²) in [6.45, 7) is 13.6. The van der Waals surface area contributed by atoms with Crippen LogP contribution in [0.15, 0.2) is 60.7 Å². The number of rotatable bonds is 4. The molecule has 0 aliphatic carbocycles. The molecule has 0 unspecified atom stereocenters. The van der Waals surface area contributed by atoms with Crippen molar-refractivity contribution in [1.82, 2.24) is 5.32 Å².